The Morgan fingerprint density at radius 1 is 0.853 bits per heavy atom. The standard InChI is InChI=1S/C29H30N2O3/c1-19(2)18-34-24-16-14-22(15-17-24)26-27(30(5)23-11-7-6-8-12-23)29(33)31(28(26)32)25-13-9-10-20(3)21(25)4/h6-17,19H,18H2,1-5H3. The predicted molar refractivity (Wildman–Crippen MR) is 137 cm³/mol. The summed E-state index contributed by atoms with van der Waals surface area (Å²) in [6.45, 7) is 8.71. The average molecular weight is 455 g/mol. The van der Waals surface area contributed by atoms with Gasteiger partial charge in [0.25, 0.3) is 11.8 Å². The fourth-order valence-electron chi connectivity index (χ4n) is 4.05. The van der Waals surface area contributed by atoms with Crippen LogP contribution in [-0.2, 0) is 9.59 Å². The van der Waals surface area contributed by atoms with Crippen LogP contribution in [0.25, 0.3) is 5.57 Å². The largest absolute Gasteiger partial charge is 0.493 e. The molecule has 1 aliphatic heterocycles. The molecule has 174 valence electrons. The van der Waals surface area contributed by atoms with Gasteiger partial charge in [-0.3, -0.25) is 9.59 Å². The Hall–Kier alpha value is -3.86. The van der Waals surface area contributed by atoms with Crippen LogP contribution in [0.3, 0.4) is 0 Å². The minimum absolute atomic E-state index is 0.327. The number of rotatable bonds is 7. The summed E-state index contributed by atoms with van der Waals surface area (Å²) in [6, 6.07) is 22.7. The molecule has 0 atom stereocenters. The van der Waals surface area contributed by atoms with E-state index in [4.69, 9.17) is 4.74 Å². The van der Waals surface area contributed by atoms with Gasteiger partial charge in [0, 0.05) is 12.7 Å². The molecule has 0 aromatic heterocycles. The maximum atomic E-state index is 13.8. The Morgan fingerprint density at radius 3 is 2.18 bits per heavy atom. The van der Waals surface area contributed by atoms with Crippen molar-refractivity contribution in [2.24, 2.45) is 5.92 Å². The van der Waals surface area contributed by atoms with Crippen LogP contribution in [0, 0.1) is 19.8 Å². The van der Waals surface area contributed by atoms with Gasteiger partial charge in [-0.15, -0.1) is 0 Å². The quantitative estimate of drug-likeness (QED) is 0.426. The lowest BCUT2D eigenvalue weighted by Crippen LogP contribution is -2.34. The van der Waals surface area contributed by atoms with Crippen LogP contribution in [-0.4, -0.2) is 25.5 Å². The summed E-state index contributed by atoms with van der Waals surface area (Å²) >= 11 is 0. The highest BCUT2D eigenvalue weighted by molar-refractivity contribution is 6.46. The number of carbonyl (C=O) groups is 2. The lowest BCUT2D eigenvalue weighted by Gasteiger charge is -2.22. The zero-order valence-corrected chi connectivity index (χ0v) is 20.3. The molecule has 1 heterocycles. The van der Waals surface area contributed by atoms with Crippen molar-refractivity contribution in [1.29, 1.82) is 0 Å². The third kappa shape index (κ3) is 4.34. The Labute approximate surface area is 201 Å². The highest BCUT2D eigenvalue weighted by Gasteiger charge is 2.42. The Kier molecular flexibility index (Phi) is 6.55. The Morgan fingerprint density at radius 2 is 1.53 bits per heavy atom. The monoisotopic (exact) mass is 454 g/mol. The van der Waals surface area contributed by atoms with Gasteiger partial charge in [-0.25, -0.2) is 4.90 Å². The molecule has 0 aliphatic carbocycles. The molecule has 5 heteroatoms. The molecule has 0 bridgehead atoms. The van der Waals surface area contributed by atoms with Crippen LogP contribution in [0.5, 0.6) is 5.75 Å². The van der Waals surface area contributed by atoms with Crippen LogP contribution in [0.2, 0.25) is 0 Å². The van der Waals surface area contributed by atoms with Crippen LogP contribution >= 0.6 is 0 Å². The molecule has 0 N–H and O–H groups in total. The number of aryl methyl sites for hydroxylation is 1. The van der Waals surface area contributed by atoms with E-state index in [1.807, 2.05) is 93.7 Å². The molecule has 3 aromatic rings. The second kappa shape index (κ2) is 9.56. The van der Waals surface area contributed by atoms with Crippen molar-refractivity contribution < 1.29 is 14.3 Å². The lowest BCUT2D eigenvalue weighted by atomic mass is 10.0. The second-order valence-corrected chi connectivity index (χ2v) is 9.01. The third-order valence-corrected chi connectivity index (χ3v) is 6.08. The number of likely N-dealkylation sites (N-methyl/N-ethyl adjacent to an activating group) is 1. The molecule has 5 nitrogen and oxygen atoms in total. The molecule has 4 rings (SSSR count). The fourth-order valence-corrected chi connectivity index (χ4v) is 4.05. The van der Waals surface area contributed by atoms with Gasteiger partial charge in [-0.05, 0) is 66.8 Å². The summed E-state index contributed by atoms with van der Waals surface area (Å²) in [5.41, 5.74) is 4.79. The average Bonchev–Trinajstić information content (AvgIpc) is 3.09. The van der Waals surface area contributed by atoms with Crippen LogP contribution in [0.1, 0.15) is 30.5 Å². The number of nitrogens with zero attached hydrogens (tertiary/aromatic N) is 2. The molecule has 0 fully saturated rings. The van der Waals surface area contributed by atoms with Crippen LogP contribution < -0.4 is 14.5 Å². The van der Waals surface area contributed by atoms with E-state index >= 15 is 0 Å². The van der Waals surface area contributed by atoms with Gasteiger partial charge >= 0.3 is 0 Å². The van der Waals surface area contributed by atoms with Crippen molar-refractivity contribution in [1.82, 2.24) is 0 Å². The SMILES string of the molecule is Cc1cccc(N2C(=O)C(c3ccc(OCC(C)C)cc3)=C(N(C)c3ccccc3)C2=O)c1C. The van der Waals surface area contributed by atoms with Gasteiger partial charge in [-0.2, -0.15) is 0 Å². The number of hydrogen-bond donors (Lipinski definition) is 0. The molecule has 1 aliphatic rings. The summed E-state index contributed by atoms with van der Waals surface area (Å²) in [5.74, 6) is 0.486. The molecular formula is C29H30N2O3. The zero-order chi connectivity index (χ0) is 24.4. The van der Waals surface area contributed by atoms with Crippen molar-refractivity contribution in [3.63, 3.8) is 0 Å². The fraction of sp³-hybridized carbons (Fsp3) is 0.241. The molecule has 0 unspecified atom stereocenters. The topological polar surface area (TPSA) is 49.9 Å². The van der Waals surface area contributed by atoms with Gasteiger partial charge in [-0.1, -0.05) is 56.3 Å². The smallest absolute Gasteiger partial charge is 0.282 e. The highest BCUT2D eigenvalue weighted by Crippen LogP contribution is 2.38. The number of para-hydroxylation sites is 1. The number of hydrogen-bond acceptors (Lipinski definition) is 4. The number of benzene rings is 3. The zero-order valence-electron chi connectivity index (χ0n) is 20.3. The van der Waals surface area contributed by atoms with Crippen molar-refractivity contribution in [3.8, 4) is 5.75 Å². The summed E-state index contributed by atoms with van der Waals surface area (Å²) in [7, 11) is 1.82. The first-order valence-corrected chi connectivity index (χ1v) is 11.5. The van der Waals surface area contributed by atoms with Gasteiger partial charge in [0.1, 0.15) is 11.4 Å². The summed E-state index contributed by atoms with van der Waals surface area (Å²) < 4.78 is 5.81. The van der Waals surface area contributed by atoms with Gasteiger partial charge < -0.3 is 9.64 Å². The number of anilines is 2. The van der Waals surface area contributed by atoms with Crippen molar-refractivity contribution in [2.45, 2.75) is 27.7 Å². The molecule has 0 saturated carbocycles. The Balaban J connectivity index is 1.81. The first-order valence-electron chi connectivity index (χ1n) is 11.5. The van der Waals surface area contributed by atoms with E-state index < -0.39 is 0 Å². The third-order valence-electron chi connectivity index (χ3n) is 6.08. The maximum Gasteiger partial charge on any atom is 0.282 e. The maximum absolute atomic E-state index is 13.8. The van der Waals surface area contributed by atoms with Crippen molar-refractivity contribution in [3.05, 3.63) is 95.2 Å². The van der Waals surface area contributed by atoms with Gasteiger partial charge in [0.2, 0.25) is 0 Å². The van der Waals surface area contributed by atoms with E-state index in [1.54, 1.807) is 4.90 Å². The second-order valence-electron chi connectivity index (χ2n) is 9.01. The molecule has 0 radical (unpaired) electrons. The molecule has 34 heavy (non-hydrogen) atoms. The minimum atomic E-state index is -0.333. The van der Waals surface area contributed by atoms with Crippen LogP contribution in [0.15, 0.2) is 78.5 Å². The first kappa shape index (κ1) is 23.3. The van der Waals surface area contributed by atoms with E-state index in [9.17, 15) is 9.59 Å². The van der Waals surface area contributed by atoms with E-state index in [0.717, 1.165) is 22.6 Å². The number of imide groups is 1. The molecule has 0 saturated heterocycles. The van der Waals surface area contributed by atoms with E-state index in [2.05, 4.69) is 13.8 Å². The number of ether oxygens (including phenoxy) is 1. The minimum Gasteiger partial charge on any atom is -0.493 e. The molecule has 3 aromatic carbocycles. The summed E-state index contributed by atoms with van der Waals surface area (Å²) in [5, 5.41) is 0. The normalized spacial score (nSPS) is 13.8. The molecule has 0 spiro atoms. The predicted octanol–water partition coefficient (Wildman–Crippen LogP) is 5.76. The molecular weight excluding hydrogens is 424 g/mol. The van der Waals surface area contributed by atoms with Crippen molar-refractivity contribution >= 4 is 28.8 Å². The van der Waals surface area contributed by atoms with Crippen molar-refractivity contribution in [2.75, 3.05) is 23.5 Å². The number of carbonyl (C=O) groups excluding carboxylic acids is 2. The highest BCUT2D eigenvalue weighted by atomic mass is 16.5. The lowest BCUT2D eigenvalue weighted by molar-refractivity contribution is -0.120. The summed E-state index contributed by atoms with van der Waals surface area (Å²) in [6.07, 6.45) is 0. The number of amides is 2. The van der Waals surface area contributed by atoms with E-state index in [1.165, 1.54) is 4.90 Å². The van der Waals surface area contributed by atoms with E-state index in [0.29, 0.717) is 35.0 Å². The first-order chi connectivity index (χ1) is 16.3. The van der Waals surface area contributed by atoms with Gasteiger partial charge in [0.05, 0.1) is 17.9 Å². The Bertz CT molecular complexity index is 1240. The molecule has 2 amide bonds. The summed E-state index contributed by atoms with van der Waals surface area (Å²) in [4.78, 5) is 30.7. The van der Waals surface area contributed by atoms with E-state index in [-0.39, 0.29) is 11.8 Å². The van der Waals surface area contributed by atoms with Crippen LogP contribution in [0.4, 0.5) is 11.4 Å². The van der Waals surface area contributed by atoms with Gasteiger partial charge in [0.15, 0.2) is 0 Å².